The van der Waals surface area contributed by atoms with Crippen LogP contribution in [0.2, 0.25) is 0 Å². The van der Waals surface area contributed by atoms with Crippen molar-refractivity contribution in [3.63, 3.8) is 0 Å². The van der Waals surface area contributed by atoms with E-state index in [2.05, 4.69) is 15.7 Å². The van der Waals surface area contributed by atoms with Gasteiger partial charge < -0.3 is 10.6 Å². The van der Waals surface area contributed by atoms with Crippen LogP contribution in [0, 0.1) is 23.2 Å². The van der Waals surface area contributed by atoms with E-state index in [4.69, 9.17) is 0 Å². The van der Waals surface area contributed by atoms with E-state index < -0.39 is 0 Å². The van der Waals surface area contributed by atoms with Crippen molar-refractivity contribution in [2.45, 2.75) is 44.9 Å². The van der Waals surface area contributed by atoms with Crippen molar-refractivity contribution < 1.29 is 9.59 Å². The van der Waals surface area contributed by atoms with Crippen LogP contribution in [0.4, 0.5) is 0 Å². The van der Waals surface area contributed by atoms with Gasteiger partial charge in [-0.2, -0.15) is 5.10 Å². The molecule has 4 bridgehead atoms. The number of amides is 2. The first-order valence-electron chi connectivity index (χ1n) is 11.2. The lowest BCUT2D eigenvalue weighted by molar-refractivity contribution is -0.147. The molecule has 0 spiro atoms. The zero-order chi connectivity index (χ0) is 20.6. The number of rotatable bonds is 7. The average Bonchev–Trinajstić information content (AvgIpc) is 3.20. The number of hydrogen-bond acceptors (Lipinski definition) is 3. The van der Waals surface area contributed by atoms with Crippen LogP contribution in [0.1, 0.15) is 44.2 Å². The van der Waals surface area contributed by atoms with Crippen LogP contribution in [0.25, 0.3) is 5.69 Å². The molecule has 0 unspecified atom stereocenters. The predicted octanol–water partition coefficient (Wildman–Crippen LogP) is 2.86. The molecule has 1 aromatic carbocycles. The van der Waals surface area contributed by atoms with E-state index in [-0.39, 0.29) is 23.8 Å². The molecule has 6 rings (SSSR count). The SMILES string of the molecule is O=C(CNC(=O)C12CC3CC(CC(C3)C1)C2)NCCc1ccn(-c2ccccc2)n1. The second-order valence-corrected chi connectivity index (χ2v) is 9.57. The van der Waals surface area contributed by atoms with Gasteiger partial charge in [-0.25, -0.2) is 4.68 Å². The number of hydrogen-bond donors (Lipinski definition) is 2. The molecule has 1 heterocycles. The highest BCUT2D eigenvalue weighted by molar-refractivity contribution is 5.88. The summed E-state index contributed by atoms with van der Waals surface area (Å²) in [5.74, 6) is 2.17. The first-order valence-corrected chi connectivity index (χ1v) is 11.2. The molecule has 4 saturated carbocycles. The van der Waals surface area contributed by atoms with Crippen LogP contribution in [0.15, 0.2) is 42.6 Å². The molecule has 6 nitrogen and oxygen atoms in total. The van der Waals surface area contributed by atoms with Crippen molar-refractivity contribution in [2.75, 3.05) is 13.1 Å². The maximum atomic E-state index is 12.9. The molecular formula is C24H30N4O2. The Bertz CT molecular complexity index is 885. The number of benzene rings is 1. The van der Waals surface area contributed by atoms with Gasteiger partial charge in [0.05, 0.1) is 17.9 Å². The summed E-state index contributed by atoms with van der Waals surface area (Å²) in [7, 11) is 0. The maximum Gasteiger partial charge on any atom is 0.239 e. The third kappa shape index (κ3) is 3.87. The molecule has 158 valence electrons. The van der Waals surface area contributed by atoms with Gasteiger partial charge in [-0.3, -0.25) is 9.59 Å². The topological polar surface area (TPSA) is 76.0 Å². The van der Waals surface area contributed by atoms with Gasteiger partial charge in [-0.15, -0.1) is 0 Å². The molecule has 4 fully saturated rings. The Morgan fingerprint density at radius 2 is 1.63 bits per heavy atom. The number of carbonyl (C=O) groups is 2. The zero-order valence-electron chi connectivity index (χ0n) is 17.3. The highest BCUT2D eigenvalue weighted by atomic mass is 16.2. The second kappa shape index (κ2) is 7.89. The first kappa shape index (κ1) is 19.3. The molecule has 2 aromatic rings. The van der Waals surface area contributed by atoms with Crippen LogP contribution >= 0.6 is 0 Å². The predicted molar refractivity (Wildman–Crippen MR) is 114 cm³/mol. The number of nitrogens with zero attached hydrogens (tertiary/aromatic N) is 2. The van der Waals surface area contributed by atoms with E-state index in [1.54, 1.807) is 0 Å². The Kier molecular flexibility index (Phi) is 5.09. The van der Waals surface area contributed by atoms with E-state index in [1.165, 1.54) is 19.3 Å². The molecule has 30 heavy (non-hydrogen) atoms. The molecule has 0 aliphatic heterocycles. The van der Waals surface area contributed by atoms with Gasteiger partial charge in [-0.1, -0.05) is 18.2 Å². The van der Waals surface area contributed by atoms with E-state index in [0.717, 1.165) is 48.4 Å². The molecule has 4 aliphatic carbocycles. The van der Waals surface area contributed by atoms with Crippen LogP contribution in [-0.4, -0.2) is 34.7 Å². The van der Waals surface area contributed by atoms with E-state index in [1.807, 2.05) is 47.3 Å². The fourth-order valence-corrected chi connectivity index (χ4v) is 6.35. The van der Waals surface area contributed by atoms with Crippen molar-refractivity contribution in [3.05, 3.63) is 48.3 Å². The Morgan fingerprint density at radius 3 is 2.30 bits per heavy atom. The Morgan fingerprint density at radius 1 is 0.967 bits per heavy atom. The molecule has 0 radical (unpaired) electrons. The molecular weight excluding hydrogens is 376 g/mol. The molecule has 1 aromatic heterocycles. The number of para-hydroxylation sites is 1. The summed E-state index contributed by atoms with van der Waals surface area (Å²) in [5.41, 5.74) is 1.75. The molecule has 0 atom stereocenters. The van der Waals surface area contributed by atoms with Crippen molar-refractivity contribution >= 4 is 11.8 Å². The van der Waals surface area contributed by atoms with Crippen LogP contribution < -0.4 is 10.6 Å². The van der Waals surface area contributed by atoms with Gasteiger partial charge in [0, 0.05) is 24.6 Å². The fraction of sp³-hybridized carbons (Fsp3) is 0.542. The highest BCUT2D eigenvalue weighted by Gasteiger charge is 2.54. The van der Waals surface area contributed by atoms with E-state index in [0.29, 0.717) is 13.0 Å². The average molecular weight is 407 g/mol. The van der Waals surface area contributed by atoms with Crippen molar-refractivity contribution in [1.29, 1.82) is 0 Å². The highest BCUT2D eigenvalue weighted by Crippen LogP contribution is 2.60. The van der Waals surface area contributed by atoms with Crippen molar-refractivity contribution in [3.8, 4) is 5.69 Å². The summed E-state index contributed by atoms with van der Waals surface area (Å²) >= 11 is 0. The van der Waals surface area contributed by atoms with Crippen molar-refractivity contribution in [1.82, 2.24) is 20.4 Å². The minimum absolute atomic E-state index is 0.0685. The van der Waals surface area contributed by atoms with Crippen LogP contribution in [0.5, 0.6) is 0 Å². The smallest absolute Gasteiger partial charge is 0.239 e. The molecule has 4 aliphatic rings. The van der Waals surface area contributed by atoms with Gasteiger partial charge >= 0.3 is 0 Å². The molecule has 2 amide bonds. The van der Waals surface area contributed by atoms with E-state index in [9.17, 15) is 9.59 Å². The number of nitrogens with one attached hydrogen (secondary N) is 2. The van der Waals surface area contributed by atoms with Gasteiger partial charge in [0.1, 0.15) is 0 Å². The summed E-state index contributed by atoms with van der Waals surface area (Å²) in [4.78, 5) is 25.2. The number of aromatic nitrogens is 2. The standard InChI is InChI=1S/C24H30N4O2/c29-22(25-8-6-20-7-9-28(27-20)21-4-2-1-3-5-21)16-26-23(30)24-13-17-10-18(14-24)12-19(11-17)15-24/h1-5,7,9,17-19H,6,8,10-16H2,(H,25,29)(H,26,30). The Labute approximate surface area is 177 Å². The Hall–Kier alpha value is -2.63. The van der Waals surface area contributed by atoms with Gasteiger partial charge in [0.2, 0.25) is 11.8 Å². The zero-order valence-corrected chi connectivity index (χ0v) is 17.3. The van der Waals surface area contributed by atoms with Gasteiger partial charge in [0.15, 0.2) is 0 Å². The normalized spacial score (nSPS) is 29.0. The molecule has 0 saturated heterocycles. The second-order valence-electron chi connectivity index (χ2n) is 9.57. The molecule has 2 N–H and O–H groups in total. The van der Waals surface area contributed by atoms with Gasteiger partial charge in [0.25, 0.3) is 0 Å². The Balaban J connectivity index is 1.07. The van der Waals surface area contributed by atoms with E-state index >= 15 is 0 Å². The quantitative estimate of drug-likeness (QED) is 0.742. The maximum absolute atomic E-state index is 12.9. The van der Waals surface area contributed by atoms with Crippen molar-refractivity contribution in [2.24, 2.45) is 23.2 Å². The third-order valence-electron chi connectivity index (χ3n) is 7.30. The first-order chi connectivity index (χ1) is 14.6. The summed E-state index contributed by atoms with van der Waals surface area (Å²) in [6, 6.07) is 11.9. The summed E-state index contributed by atoms with van der Waals surface area (Å²) < 4.78 is 1.84. The fourth-order valence-electron chi connectivity index (χ4n) is 6.35. The van der Waals surface area contributed by atoms with Crippen LogP contribution in [0.3, 0.4) is 0 Å². The number of carbonyl (C=O) groups excluding carboxylic acids is 2. The lowest BCUT2D eigenvalue weighted by Crippen LogP contribution is -2.54. The van der Waals surface area contributed by atoms with Gasteiger partial charge in [-0.05, 0) is 74.5 Å². The summed E-state index contributed by atoms with van der Waals surface area (Å²) in [5, 5.41) is 10.4. The minimum Gasteiger partial charge on any atom is -0.354 e. The summed E-state index contributed by atoms with van der Waals surface area (Å²) in [6.07, 6.45) is 9.60. The third-order valence-corrected chi connectivity index (χ3v) is 7.30. The minimum atomic E-state index is -0.195. The monoisotopic (exact) mass is 406 g/mol. The summed E-state index contributed by atoms with van der Waals surface area (Å²) in [6.45, 7) is 0.580. The lowest BCUT2D eigenvalue weighted by atomic mass is 9.49. The lowest BCUT2D eigenvalue weighted by Gasteiger charge is -2.55. The van der Waals surface area contributed by atoms with Crippen LogP contribution in [-0.2, 0) is 16.0 Å². The largest absolute Gasteiger partial charge is 0.354 e. The molecule has 6 heteroatoms.